The van der Waals surface area contributed by atoms with Gasteiger partial charge in [0.05, 0.1) is 10.7 Å². The Labute approximate surface area is 184 Å². The zero-order valence-corrected chi connectivity index (χ0v) is 17.8. The van der Waals surface area contributed by atoms with E-state index >= 15 is 4.39 Å². The van der Waals surface area contributed by atoms with Crippen LogP contribution in [0.5, 0.6) is 0 Å². The number of carbonyl (C=O) groups is 2. The fourth-order valence-electron chi connectivity index (χ4n) is 3.56. The Morgan fingerprint density at radius 1 is 1.23 bits per heavy atom. The minimum atomic E-state index is -0.814. The third-order valence-corrected chi connectivity index (χ3v) is 5.16. The number of benzene rings is 1. The van der Waals surface area contributed by atoms with Crippen molar-refractivity contribution in [1.29, 1.82) is 0 Å². The molecule has 1 N–H and O–H groups in total. The van der Waals surface area contributed by atoms with Crippen molar-refractivity contribution in [2.75, 3.05) is 11.9 Å². The van der Waals surface area contributed by atoms with Crippen LogP contribution in [0.2, 0.25) is 5.02 Å². The number of halogens is 2. The van der Waals surface area contributed by atoms with E-state index in [9.17, 15) is 9.59 Å². The molecule has 3 amide bonds. The summed E-state index contributed by atoms with van der Waals surface area (Å²) >= 11 is 6.35. The number of amides is 3. The quantitative estimate of drug-likeness (QED) is 0.728. The van der Waals surface area contributed by atoms with Gasteiger partial charge in [-0.05, 0) is 38.1 Å². The molecule has 2 aromatic rings. The number of hydrogen-bond donors (Lipinski definition) is 1. The molecule has 9 heteroatoms. The van der Waals surface area contributed by atoms with Gasteiger partial charge < -0.3 is 5.01 Å². The predicted molar refractivity (Wildman–Crippen MR) is 114 cm³/mol. The summed E-state index contributed by atoms with van der Waals surface area (Å²) in [7, 11) is 1.72. The molecule has 0 aliphatic carbocycles. The number of hydrazine groups is 1. The fourth-order valence-corrected chi connectivity index (χ4v) is 3.85. The van der Waals surface area contributed by atoms with Gasteiger partial charge >= 0.3 is 6.03 Å². The van der Waals surface area contributed by atoms with Gasteiger partial charge in [0, 0.05) is 42.8 Å². The van der Waals surface area contributed by atoms with Gasteiger partial charge in [0.15, 0.2) is 0 Å². The average Bonchev–Trinajstić information content (AvgIpc) is 3.10. The SMILES string of the molecule is CC(C)N1C(=O)N(c2c(F)cc(C#Cc3cccnc3)cc2Cl)C(=O)C2NN(C)C=C21. The summed E-state index contributed by atoms with van der Waals surface area (Å²) in [6.45, 7) is 3.63. The van der Waals surface area contributed by atoms with E-state index in [2.05, 4.69) is 22.3 Å². The monoisotopic (exact) mass is 439 g/mol. The first-order valence-corrected chi connectivity index (χ1v) is 9.94. The van der Waals surface area contributed by atoms with Crippen molar-refractivity contribution in [2.24, 2.45) is 0 Å². The predicted octanol–water partition coefficient (Wildman–Crippen LogP) is 3.11. The first-order valence-electron chi connectivity index (χ1n) is 9.57. The average molecular weight is 440 g/mol. The molecule has 3 heterocycles. The number of nitrogens with one attached hydrogen (secondary N) is 1. The van der Waals surface area contributed by atoms with Crippen LogP contribution in [0.3, 0.4) is 0 Å². The van der Waals surface area contributed by atoms with E-state index < -0.39 is 23.8 Å². The van der Waals surface area contributed by atoms with Crippen LogP contribution >= 0.6 is 11.6 Å². The molecule has 1 atom stereocenters. The van der Waals surface area contributed by atoms with Gasteiger partial charge in [-0.1, -0.05) is 23.4 Å². The number of aromatic nitrogens is 1. The Hall–Kier alpha value is -3.41. The van der Waals surface area contributed by atoms with Crippen molar-refractivity contribution in [3.8, 4) is 11.8 Å². The molecule has 7 nitrogen and oxygen atoms in total. The highest BCUT2D eigenvalue weighted by Crippen LogP contribution is 2.36. The summed E-state index contributed by atoms with van der Waals surface area (Å²) in [5, 5.41) is 1.51. The second kappa shape index (κ2) is 8.02. The summed E-state index contributed by atoms with van der Waals surface area (Å²) < 4.78 is 15.1. The molecule has 1 aromatic heterocycles. The van der Waals surface area contributed by atoms with Gasteiger partial charge in [0.25, 0.3) is 5.91 Å². The summed E-state index contributed by atoms with van der Waals surface area (Å²) in [5.41, 5.74) is 4.16. The lowest BCUT2D eigenvalue weighted by Gasteiger charge is -2.40. The number of carbonyl (C=O) groups excluding carboxylic acids is 2. The minimum absolute atomic E-state index is 0.0836. The van der Waals surface area contributed by atoms with Crippen LogP contribution in [0, 0.1) is 17.7 Å². The molecule has 31 heavy (non-hydrogen) atoms. The molecule has 0 radical (unpaired) electrons. The highest BCUT2D eigenvalue weighted by molar-refractivity contribution is 6.35. The topological polar surface area (TPSA) is 68.8 Å². The number of anilines is 1. The number of nitrogens with zero attached hydrogens (tertiary/aromatic N) is 4. The van der Waals surface area contributed by atoms with E-state index in [4.69, 9.17) is 11.6 Å². The van der Waals surface area contributed by atoms with Gasteiger partial charge in [-0.15, -0.1) is 0 Å². The summed E-state index contributed by atoms with van der Waals surface area (Å²) in [5.74, 6) is 4.28. The molecule has 0 saturated carbocycles. The summed E-state index contributed by atoms with van der Waals surface area (Å²) in [6, 6.07) is 4.38. The van der Waals surface area contributed by atoms with Crippen LogP contribution < -0.4 is 10.3 Å². The van der Waals surface area contributed by atoms with Crippen LogP contribution in [-0.2, 0) is 4.79 Å². The van der Waals surface area contributed by atoms with Crippen LogP contribution in [0.1, 0.15) is 25.0 Å². The van der Waals surface area contributed by atoms with Crippen molar-refractivity contribution in [3.63, 3.8) is 0 Å². The summed E-state index contributed by atoms with van der Waals surface area (Å²) in [4.78, 5) is 32.6. The number of rotatable bonds is 2. The van der Waals surface area contributed by atoms with E-state index in [-0.39, 0.29) is 16.8 Å². The lowest BCUT2D eigenvalue weighted by atomic mass is 10.1. The molecule has 158 valence electrons. The van der Waals surface area contributed by atoms with Gasteiger partial charge in [-0.25, -0.2) is 19.5 Å². The number of urea groups is 1. The number of imide groups is 1. The van der Waals surface area contributed by atoms with Gasteiger partial charge in [-0.3, -0.25) is 14.7 Å². The molecule has 2 aliphatic rings. The van der Waals surface area contributed by atoms with Crippen LogP contribution in [0.4, 0.5) is 14.9 Å². The Kier molecular flexibility index (Phi) is 5.39. The molecule has 1 fully saturated rings. The van der Waals surface area contributed by atoms with Gasteiger partial charge in [-0.2, -0.15) is 0 Å². The molecule has 4 rings (SSSR count). The van der Waals surface area contributed by atoms with Crippen molar-refractivity contribution in [2.45, 2.75) is 25.9 Å². The fraction of sp³-hybridized carbons (Fsp3) is 0.227. The van der Waals surface area contributed by atoms with Gasteiger partial charge in [0.1, 0.15) is 17.5 Å². The largest absolute Gasteiger partial charge is 0.336 e. The zero-order chi connectivity index (χ0) is 22.3. The maximum atomic E-state index is 15.1. The van der Waals surface area contributed by atoms with Gasteiger partial charge in [0.2, 0.25) is 0 Å². The Morgan fingerprint density at radius 2 is 1.97 bits per heavy atom. The highest BCUT2D eigenvalue weighted by atomic mass is 35.5. The normalized spacial score (nSPS) is 18.2. The third kappa shape index (κ3) is 3.74. The Morgan fingerprint density at radius 3 is 2.61 bits per heavy atom. The molecule has 1 saturated heterocycles. The van der Waals surface area contributed by atoms with E-state index in [0.717, 1.165) is 11.0 Å². The van der Waals surface area contributed by atoms with Crippen LogP contribution in [0.15, 0.2) is 48.6 Å². The molecular formula is C22H19ClFN5O2. The maximum Gasteiger partial charge on any atom is 0.336 e. The number of pyridine rings is 1. The molecule has 1 aromatic carbocycles. The molecule has 2 aliphatic heterocycles. The first kappa shape index (κ1) is 20.8. The first-order chi connectivity index (χ1) is 14.8. The number of fused-ring (bicyclic) bond motifs is 1. The third-order valence-electron chi connectivity index (χ3n) is 4.87. The number of hydrogen-bond acceptors (Lipinski definition) is 5. The Bertz CT molecular complexity index is 1130. The van der Waals surface area contributed by atoms with Crippen LogP contribution in [0.25, 0.3) is 0 Å². The lowest BCUT2D eigenvalue weighted by Crippen LogP contribution is -2.62. The lowest BCUT2D eigenvalue weighted by molar-refractivity contribution is -0.120. The minimum Gasteiger partial charge on any atom is -0.316 e. The maximum absolute atomic E-state index is 15.1. The highest BCUT2D eigenvalue weighted by Gasteiger charge is 2.48. The second-order valence-electron chi connectivity index (χ2n) is 7.43. The van der Waals surface area contributed by atoms with Crippen molar-refractivity contribution >= 4 is 29.2 Å². The molecule has 0 spiro atoms. The van der Waals surface area contributed by atoms with Crippen molar-refractivity contribution in [3.05, 3.63) is 70.5 Å². The van der Waals surface area contributed by atoms with E-state index in [0.29, 0.717) is 16.8 Å². The van der Waals surface area contributed by atoms with Crippen LogP contribution in [-0.4, -0.2) is 46.0 Å². The van der Waals surface area contributed by atoms with E-state index in [1.165, 1.54) is 11.0 Å². The Balaban J connectivity index is 1.74. The summed E-state index contributed by atoms with van der Waals surface area (Å²) in [6.07, 6.45) is 4.88. The van der Waals surface area contributed by atoms with Crippen molar-refractivity contribution in [1.82, 2.24) is 20.3 Å². The molecule has 1 unspecified atom stereocenters. The molecule has 0 bridgehead atoms. The van der Waals surface area contributed by atoms with Crippen molar-refractivity contribution < 1.29 is 14.0 Å². The smallest absolute Gasteiger partial charge is 0.316 e. The van der Waals surface area contributed by atoms with E-state index in [1.54, 1.807) is 42.8 Å². The second-order valence-corrected chi connectivity index (χ2v) is 7.83. The molecular weight excluding hydrogens is 421 g/mol. The zero-order valence-electron chi connectivity index (χ0n) is 17.1. The van der Waals surface area contributed by atoms with E-state index in [1.807, 2.05) is 13.8 Å². The standard InChI is InChI=1S/C22H19ClFN5O2/c1-13(2)28-18-12-27(3)26-19(18)21(30)29(22(28)31)20-16(23)9-15(10-17(20)24)7-6-14-5-4-8-25-11-14/h4-5,8-13,19,26H,1-3H3.